The van der Waals surface area contributed by atoms with E-state index >= 15 is 0 Å². The molecule has 0 atom stereocenters. The average Bonchev–Trinajstić information content (AvgIpc) is 3.56. The Morgan fingerprint density at radius 3 is 1.09 bits per heavy atom. The number of hydrogen-bond donors (Lipinski definition) is 0. The second-order valence-electron chi connectivity index (χ2n) is 9.22. The van der Waals surface area contributed by atoms with Gasteiger partial charge in [0.05, 0.1) is 22.5 Å². The molecule has 0 unspecified atom stereocenters. The predicted octanol–water partition coefficient (Wildman–Crippen LogP) is 3.02. The van der Waals surface area contributed by atoms with Gasteiger partial charge in [0.25, 0.3) is 23.6 Å². The lowest BCUT2D eigenvalue weighted by Crippen LogP contribution is -2.29. The largest absolute Gasteiger partial charge is 0.490 e. The Hall–Kier alpha value is -6.04. The van der Waals surface area contributed by atoms with Gasteiger partial charge >= 0.3 is 11.9 Å². The molecule has 12 heteroatoms. The highest BCUT2D eigenvalue weighted by Gasteiger charge is 2.26. The van der Waals surface area contributed by atoms with Gasteiger partial charge in [0.1, 0.15) is 37.9 Å². The summed E-state index contributed by atoms with van der Waals surface area (Å²) in [6, 6.07) is 18.5. The molecule has 0 saturated heterocycles. The van der Waals surface area contributed by atoms with Crippen LogP contribution in [0, 0.1) is 0 Å². The lowest BCUT2D eigenvalue weighted by Gasteiger charge is -2.14. The third-order valence-corrected chi connectivity index (χ3v) is 6.34. The molecule has 0 aromatic heterocycles. The van der Waals surface area contributed by atoms with Crippen molar-refractivity contribution in [2.24, 2.45) is 0 Å². The normalized spacial score (nSPS) is 13.9. The molecular formula is C32H24N2O10. The van der Waals surface area contributed by atoms with Crippen LogP contribution >= 0.6 is 0 Å². The Kier molecular flexibility index (Phi) is 8.90. The standard InChI is InChI=1S/C32H24N2O10/c35-27-13-14-28(36)33(27)23-5-1-21(2-6-23)31(39)43-19-17-41-25-9-11-26(12-10-25)42-18-20-44-32(40)22-3-7-24(8-4-22)34-29(37)15-16-30(34)38/h1-16H,17-20H2. The molecule has 44 heavy (non-hydrogen) atoms. The number of amides is 4. The van der Waals surface area contributed by atoms with Gasteiger partial charge in [-0.1, -0.05) is 0 Å². The Balaban J connectivity index is 0.975. The first-order valence-electron chi connectivity index (χ1n) is 13.3. The number of hydrogen-bond acceptors (Lipinski definition) is 10. The molecule has 3 aromatic rings. The van der Waals surface area contributed by atoms with Crippen molar-refractivity contribution in [2.45, 2.75) is 0 Å². The van der Waals surface area contributed by atoms with Crippen LogP contribution in [0.1, 0.15) is 20.7 Å². The topological polar surface area (TPSA) is 146 Å². The highest BCUT2D eigenvalue weighted by atomic mass is 16.6. The zero-order valence-corrected chi connectivity index (χ0v) is 23.0. The molecule has 5 rings (SSSR count). The van der Waals surface area contributed by atoms with E-state index in [0.717, 1.165) is 9.80 Å². The van der Waals surface area contributed by atoms with Crippen molar-refractivity contribution >= 4 is 46.9 Å². The Bertz CT molecular complexity index is 1500. The van der Waals surface area contributed by atoms with Crippen LogP contribution in [0.3, 0.4) is 0 Å². The molecule has 222 valence electrons. The van der Waals surface area contributed by atoms with Gasteiger partial charge < -0.3 is 18.9 Å². The van der Waals surface area contributed by atoms with Crippen LogP contribution in [0.25, 0.3) is 0 Å². The van der Waals surface area contributed by atoms with Crippen molar-refractivity contribution in [1.29, 1.82) is 0 Å². The van der Waals surface area contributed by atoms with Gasteiger partial charge in [0.2, 0.25) is 0 Å². The first-order valence-corrected chi connectivity index (χ1v) is 13.3. The average molecular weight is 597 g/mol. The molecule has 4 amide bonds. The molecule has 3 aromatic carbocycles. The Morgan fingerprint density at radius 1 is 0.455 bits per heavy atom. The van der Waals surface area contributed by atoms with E-state index < -0.39 is 35.6 Å². The molecule has 2 aliphatic rings. The van der Waals surface area contributed by atoms with Gasteiger partial charge in [-0.15, -0.1) is 0 Å². The molecule has 0 saturated carbocycles. The number of imide groups is 2. The minimum atomic E-state index is -0.577. The summed E-state index contributed by atoms with van der Waals surface area (Å²) in [7, 11) is 0. The van der Waals surface area contributed by atoms with E-state index in [1.807, 2.05) is 0 Å². The molecule has 0 radical (unpaired) electrons. The fourth-order valence-electron chi connectivity index (χ4n) is 4.19. The number of nitrogens with zero attached hydrogens (tertiary/aromatic N) is 2. The lowest BCUT2D eigenvalue weighted by molar-refractivity contribution is -0.121. The zero-order chi connectivity index (χ0) is 31.1. The predicted molar refractivity (Wildman–Crippen MR) is 154 cm³/mol. The number of carbonyl (C=O) groups is 6. The molecule has 0 bridgehead atoms. The van der Waals surface area contributed by atoms with Crippen LogP contribution in [-0.4, -0.2) is 62.0 Å². The number of carbonyl (C=O) groups excluding carboxylic acids is 6. The molecule has 0 N–H and O–H groups in total. The van der Waals surface area contributed by atoms with Gasteiger partial charge in [0, 0.05) is 24.3 Å². The van der Waals surface area contributed by atoms with E-state index in [4.69, 9.17) is 18.9 Å². The fraction of sp³-hybridized carbons (Fsp3) is 0.125. The molecule has 0 aliphatic carbocycles. The minimum absolute atomic E-state index is 0.00827. The summed E-state index contributed by atoms with van der Waals surface area (Å²) >= 11 is 0. The summed E-state index contributed by atoms with van der Waals surface area (Å²) in [4.78, 5) is 73.6. The Morgan fingerprint density at radius 2 is 0.773 bits per heavy atom. The van der Waals surface area contributed by atoms with Crippen molar-refractivity contribution in [3.05, 3.63) is 108 Å². The third kappa shape index (κ3) is 6.87. The summed E-state index contributed by atoms with van der Waals surface area (Å²) < 4.78 is 21.6. The summed E-state index contributed by atoms with van der Waals surface area (Å²) in [5.74, 6) is -1.89. The van der Waals surface area contributed by atoms with Gasteiger partial charge in [-0.25, -0.2) is 19.4 Å². The monoisotopic (exact) mass is 596 g/mol. The maximum Gasteiger partial charge on any atom is 0.338 e. The van der Waals surface area contributed by atoms with Gasteiger partial charge in [0.15, 0.2) is 0 Å². The van der Waals surface area contributed by atoms with E-state index in [-0.39, 0.29) is 37.6 Å². The van der Waals surface area contributed by atoms with E-state index in [1.165, 1.54) is 72.8 Å². The highest BCUT2D eigenvalue weighted by Crippen LogP contribution is 2.22. The quantitative estimate of drug-likeness (QED) is 0.174. The molecule has 12 nitrogen and oxygen atoms in total. The summed E-state index contributed by atoms with van der Waals surface area (Å²) in [5, 5.41) is 0. The van der Waals surface area contributed by atoms with Crippen LogP contribution < -0.4 is 19.3 Å². The van der Waals surface area contributed by atoms with Gasteiger partial charge in [-0.3, -0.25) is 19.2 Å². The van der Waals surface area contributed by atoms with E-state index in [2.05, 4.69) is 0 Å². The number of ether oxygens (including phenoxy) is 4. The number of benzene rings is 3. The summed E-state index contributed by atoms with van der Waals surface area (Å²) in [5.41, 5.74) is 1.24. The van der Waals surface area contributed by atoms with E-state index in [9.17, 15) is 28.8 Å². The number of esters is 2. The van der Waals surface area contributed by atoms with Crippen LogP contribution in [0.4, 0.5) is 11.4 Å². The number of anilines is 2. The van der Waals surface area contributed by atoms with Crippen molar-refractivity contribution in [3.63, 3.8) is 0 Å². The van der Waals surface area contributed by atoms with E-state index in [0.29, 0.717) is 22.9 Å². The van der Waals surface area contributed by atoms with Crippen molar-refractivity contribution in [1.82, 2.24) is 0 Å². The molecular weight excluding hydrogens is 572 g/mol. The molecule has 2 heterocycles. The Labute approximate surface area is 250 Å². The van der Waals surface area contributed by atoms with Crippen LogP contribution in [0.15, 0.2) is 97.1 Å². The van der Waals surface area contributed by atoms with Crippen LogP contribution in [-0.2, 0) is 28.7 Å². The van der Waals surface area contributed by atoms with Crippen molar-refractivity contribution in [3.8, 4) is 11.5 Å². The first-order chi connectivity index (χ1) is 21.3. The SMILES string of the molecule is O=C(OCCOc1ccc(OCCOC(=O)c2ccc(N3C(=O)C=CC3=O)cc2)cc1)c1ccc(N2C(=O)C=CC2=O)cc1. The summed E-state index contributed by atoms with van der Waals surface area (Å²) in [6.45, 7) is 0.188. The third-order valence-electron chi connectivity index (χ3n) is 6.34. The second-order valence-corrected chi connectivity index (χ2v) is 9.22. The maximum atomic E-state index is 12.3. The zero-order valence-electron chi connectivity index (χ0n) is 23.0. The summed E-state index contributed by atoms with van der Waals surface area (Å²) in [6.07, 6.45) is 4.72. The first kappa shape index (κ1) is 29.5. The molecule has 0 fully saturated rings. The minimum Gasteiger partial charge on any atom is -0.490 e. The van der Waals surface area contributed by atoms with Gasteiger partial charge in [-0.05, 0) is 72.8 Å². The van der Waals surface area contributed by atoms with Crippen LogP contribution in [0.2, 0.25) is 0 Å². The fourth-order valence-corrected chi connectivity index (χ4v) is 4.19. The lowest BCUT2D eigenvalue weighted by atomic mass is 10.2. The van der Waals surface area contributed by atoms with Crippen LogP contribution in [0.5, 0.6) is 11.5 Å². The second kappa shape index (κ2) is 13.3. The smallest absolute Gasteiger partial charge is 0.338 e. The number of rotatable bonds is 12. The highest BCUT2D eigenvalue weighted by molar-refractivity contribution is 6.28. The van der Waals surface area contributed by atoms with Crippen molar-refractivity contribution in [2.75, 3.05) is 36.2 Å². The van der Waals surface area contributed by atoms with Gasteiger partial charge in [-0.2, -0.15) is 0 Å². The van der Waals surface area contributed by atoms with Crippen molar-refractivity contribution < 1.29 is 47.7 Å². The van der Waals surface area contributed by atoms with E-state index in [1.54, 1.807) is 24.3 Å². The maximum absolute atomic E-state index is 12.3. The molecule has 2 aliphatic heterocycles. The molecule has 0 spiro atoms.